The number of hydrogen-bond donors (Lipinski definition) is 0. The van der Waals surface area contributed by atoms with Gasteiger partial charge in [-0.25, -0.2) is 0 Å². The Morgan fingerprint density at radius 2 is 1.27 bits per heavy atom. The highest BCUT2D eigenvalue weighted by molar-refractivity contribution is 5.87. The van der Waals surface area contributed by atoms with Gasteiger partial charge in [0.1, 0.15) is 0 Å². The molecule has 0 heterocycles. The van der Waals surface area contributed by atoms with Crippen LogP contribution in [0.2, 0.25) is 0 Å². The predicted molar refractivity (Wildman–Crippen MR) is 82.4 cm³/mol. The van der Waals surface area contributed by atoms with Gasteiger partial charge in [-0.3, -0.25) is 9.59 Å². The molecular formula is C18H18O4. The first-order valence-electron chi connectivity index (χ1n) is 7.30. The molecule has 0 aliphatic heterocycles. The van der Waals surface area contributed by atoms with Gasteiger partial charge in [0.15, 0.2) is 0 Å². The molecule has 0 amide bonds. The number of rotatable bonds is 2. The van der Waals surface area contributed by atoms with Crippen LogP contribution in [0.5, 0.6) is 0 Å². The van der Waals surface area contributed by atoms with Crippen molar-refractivity contribution in [3.8, 4) is 0 Å². The summed E-state index contributed by atoms with van der Waals surface area (Å²) in [7, 11) is 2.71. The predicted octanol–water partition coefficient (Wildman–Crippen LogP) is 2.52. The molecule has 0 radical (unpaired) electrons. The highest BCUT2D eigenvalue weighted by Crippen LogP contribution is 2.34. The third-order valence-electron chi connectivity index (χ3n) is 4.44. The molecule has 1 aliphatic carbocycles. The number of carbonyl (C=O) groups excluding carboxylic acids is 2. The highest BCUT2D eigenvalue weighted by atomic mass is 16.5. The summed E-state index contributed by atoms with van der Waals surface area (Å²) in [6.45, 7) is 0. The van der Waals surface area contributed by atoms with Crippen LogP contribution in [0.4, 0.5) is 0 Å². The third-order valence-corrected chi connectivity index (χ3v) is 4.44. The molecule has 3 rings (SSSR count). The maximum atomic E-state index is 12.0. The summed E-state index contributed by atoms with van der Waals surface area (Å²) in [6, 6.07) is 12.3. The summed E-state index contributed by atoms with van der Waals surface area (Å²) >= 11 is 0. The minimum absolute atomic E-state index is 0.353. The van der Waals surface area contributed by atoms with Crippen LogP contribution in [0.1, 0.15) is 11.1 Å². The second kappa shape index (κ2) is 5.79. The van der Waals surface area contributed by atoms with E-state index in [0.29, 0.717) is 12.8 Å². The number of methoxy groups -OCH3 is 2. The standard InChI is InChI=1S/C18H18O4/c1-21-17(19)15-9-13-7-11-5-3-4-6-12(11)8-14(13)10-16(15)18(20)22-2/h3-8,15-16H,9-10H2,1-2H3/t15-,16-/m1/s1. The molecule has 4 heteroatoms. The molecule has 0 saturated heterocycles. The van der Waals surface area contributed by atoms with Crippen LogP contribution in [-0.2, 0) is 31.9 Å². The van der Waals surface area contributed by atoms with Crippen molar-refractivity contribution in [1.29, 1.82) is 0 Å². The maximum Gasteiger partial charge on any atom is 0.309 e. The first-order chi connectivity index (χ1) is 10.6. The van der Waals surface area contributed by atoms with Crippen molar-refractivity contribution < 1.29 is 19.1 Å². The van der Waals surface area contributed by atoms with E-state index in [4.69, 9.17) is 9.47 Å². The Balaban J connectivity index is 2.05. The number of fused-ring (bicyclic) bond motifs is 2. The summed E-state index contributed by atoms with van der Waals surface area (Å²) in [6.07, 6.45) is 1.01. The van der Waals surface area contributed by atoms with E-state index in [9.17, 15) is 9.59 Å². The monoisotopic (exact) mass is 298 g/mol. The Morgan fingerprint density at radius 1 is 0.864 bits per heavy atom. The van der Waals surface area contributed by atoms with Gasteiger partial charge in [0.05, 0.1) is 26.1 Å². The van der Waals surface area contributed by atoms with Gasteiger partial charge in [0.2, 0.25) is 0 Å². The molecule has 2 atom stereocenters. The molecule has 0 aromatic heterocycles. The summed E-state index contributed by atoms with van der Waals surface area (Å²) < 4.78 is 9.74. The van der Waals surface area contributed by atoms with E-state index in [-0.39, 0.29) is 11.9 Å². The van der Waals surface area contributed by atoms with E-state index in [2.05, 4.69) is 24.3 Å². The topological polar surface area (TPSA) is 52.6 Å². The second-order valence-electron chi connectivity index (χ2n) is 5.64. The molecular weight excluding hydrogens is 280 g/mol. The Bertz CT molecular complexity index is 672. The smallest absolute Gasteiger partial charge is 0.309 e. The zero-order chi connectivity index (χ0) is 15.7. The van der Waals surface area contributed by atoms with Gasteiger partial charge < -0.3 is 9.47 Å². The molecule has 1 aliphatic rings. The summed E-state index contributed by atoms with van der Waals surface area (Å²) in [5.41, 5.74) is 2.21. The fourth-order valence-electron chi connectivity index (χ4n) is 3.27. The van der Waals surface area contributed by atoms with Crippen LogP contribution in [0.15, 0.2) is 36.4 Å². The molecule has 114 valence electrons. The van der Waals surface area contributed by atoms with E-state index in [0.717, 1.165) is 21.9 Å². The van der Waals surface area contributed by atoms with Crippen molar-refractivity contribution in [2.45, 2.75) is 12.8 Å². The summed E-state index contributed by atoms with van der Waals surface area (Å²) in [4.78, 5) is 24.1. The lowest BCUT2D eigenvalue weighted by molar-refractivity contribution is -0.158. The van der Waals surface area contributed by atoms with Crippen LogP contribution in [0, 0.1) is 11.8 Å². The molecule has 0 unspecified atom stereocenters. The largest absolute Gasteiger partial charge is 0.469 e. The van der Waals surface area contributed by atoms with E-state index in [1.54, 1.807) is 0 Å². The first-order valence-corrected chi connectivity index (χ1v) is 7.30. The van der Waals surface area contributed by atoms with Gasteiger partial charge >= 0.3 is 11.9 Å². The minimum atomic E-state index is -0.480. The summed E-state index contributed by atoms with van der Waals surface area (Å²) in [5, 5.41) is 2.28. The van der Waals surface area contributed by atoms with Gasteiger partial charge in [-0.05, 0) is 34.7 Å². The fraction of sp³-hybridized carbons (Fsp3) is 0.333. The highest BCUT2D eigenvalue weighted by Gasteiger charge is 2.39. The van der Waals surface area contributed by atoms with Crippen LogP contribution in [0.3, 0.4) is 0 Å². The van der Waals surface area contributed by atoms with Crippen LogP contribution in [0.25, 0.3) is 10.8 Å². The molecule has 0 N–H and O–H groups in total. The number of esters is 2. The SMILES string of the molecule is COC(=O)[C@@H]1Cc2cc3ccccc3cc2C[C@H]1C(=O)OC. The van der Waals surface area contributed by atoms with Crippen molar-refractivity contribution in [1.82, 2.24) is 0 Å². The average Bonchev–Trinajstić information content (AvgIpc) is 2.57. The molecule has 0 spiro atoms. The van der Waals surface area contributed by atoms with Gasteiger partial charge in [0.25, 0.3) is 0 Å². The normalized spacial score (nSPS) is 20.3. The molecule has 2 aromatic rings. The van der Waals surface area contributed by atoms with Crippen molar-refractivity contribution >= 4 is 22.7 Å². The van der Waals surface area contributed by atoms with E-state index in [1.165, 1.54) is 14.2 Å². The number of carbonyl (C=O) groups is 2. The molecule has 22 heavy (non-hydrogen) atoms. The van der Waals surface area contributed by atoms with Gasteiger partial charge in [-0.15, -0.1) is 0 Å². The first kappa shape index (κ1) is 14.6. The van der Waals surface area contributed by atoms with Gasteiger partial charge in [-0.2, -0.15) is 0 Å². The Kier molecular flexibility index (Phi) is 3.84. The Morgan fingerprint density at radius 3 is 1.64 bits per heavy atom. The molecule has 0 fully saturated rings. The molecule has 4 nitrogen and oxygen atoms in total. The van der Waals surface area contributed by atoms with E-state index in [1.807, 2.05) is 12.1 Å². The zero-order valence-electron chi connectivity index (χ0n) is 12.7. The van der Waals surface area contributed by atoms with Crippen LogP contribution >= 0.6 is 0 Å². The van der Waals surface area contributed by atoms with Crippen molar-refractivity contribution in [3.05, 3.63) is 47.5 Å². The van der Waals surface area contributed by atoms with Gasteiger partial charge in [-0.1, -0.05) is 36.4 Å². The van der Waals surface area contributed by atoms with Gasteiger partial charge in [0, 0.05) is 0 Å². The lowest BCUT2D eigenvalue weighted by Crippen LogP contribution is -2.37. The molecule has 2 aromatic carbocycles. The van der Waals surface area contributed by atoms with Crippen LogP contribution < -0.4 is 0 Å². The average molecular weight is 298 g/mol. The second-order valence-corrected chi connectivity index (χ2v) is 5.64. The van der Waals surface area contributed by atoms with Crippen molar-refractivity contribution in [3.63, 3.8) is 0 Å². The van der Waals surface area contributed by atoms with Crippen LogP contribution in [-0.4, -0.2) is 26.2 Å². The molecule has 0 bridgehead atoms. The summed E-state index contributed by atoms with van der Waals surface area (Å²) in [5.74, 6) is -1.67. The minimum Gasteiger partial charge on any atom is -0.469 e. The van der Waals surface area contributed by atoms with Crippen molar-refractivity contribution in [2.24, 2.45) is 11.8 Å². The fourth-order valence-corrected chi connectivity index (χ4v) is 3.27. The number of ether oxygens (including phenoxy) is 2. The number of benzene rings is 2. The quantitative estimate of drug-likeness (QED) is 0.799. The Hall–Kier alpha value is -2.36. The zero-order valence-corrected chi connectivity index (χ0v) is 12.7. The van der Waals surface area contributed by atoms with Crippen molar-refractivity contribution in [2.75, 3.05) is 14.2 Å². The van der Waals surface area contributed by atoms with E-state index >= 15 is 0 Å². The lowest BCUT2D eigenvalue weighted by Gasteiger charge is -2.29. The number of hydrogen-bond acceptors (Lipinski definition) is 4. The maximum absolute atomic E-state index is 12.0. The van der Waals surface area contributed by atoms with E-state index < -0.39 is 11.8 Å². The third kappa shape index (κ3) is 2.45. The lowest BCUT2D eigenvalue weighted by atomic mass is 9.75. The molecule has 0 saturated carbocycles. The Labute approximate surface area is 129 Å².